The number of hydrogen-bond acceptors (Lipinski definition) is 4. The molecule has 0 fully saturated rings. The van der Waals surface area contributed by atoms with Crippen molar-refractivity contribution in [3.63, 3.8) is 0 Å². The Labute approximate surface area is 146 Å². The summed E-state index contributed by atoms with van der Waals surface area (Å²) in [5, 5.41) is 0. The van der Waals surface area contributed by atoms with Crippen molar-refractivity contribution >= 4 is 29.3 Å². The summed E-state index contributed by atoms with van der Waals surface area (Å²) in [6.45, 7) is 4.08. The fourth-order valence-electron chi connectivity index (χ4n) is 2.38. The average molecular weight is 343 g/mol. The third kappa shape index (κ3) is 4.17. The standard InChI is InChI=1S/C19H21NO3S/c1-13-9-10-17(14(2)11-13)24-12-18(21)20(3)16-8-6-5-7-15(16)19(22)23-4/h5-11H,12H2,1-4H3. The number of ether oxygens (including phenoxy) is 1. The van der Waals surface area contributed by atoms with E-state index in [1.165, 1.54) is 29.3 Å². The van der Waals surface area contributed by atoms with Crippen molar-refractivity contribution in [3.05, 3.63) is 59.2 Å². The van der Waals surface area contributed by atoms with Gasteiger partial charge in [0.1, 0.15) is 0 Å². The Kier molecular flexibility index (Phi) is 6.04. The van der Waals surface area contributed by atoms with Crippen molar-refractivity contribution in [3.8, 4) is 0 Å². The van der Waals surface area contributed by atoms with Gasteiger partial charge in [0, 0.05) is 11.9 Å². The number of carbonyl (C=O) groups is 2. The van der Waals surface area contributed by atoms with Gasteiger partial charge in [0.15, 0.2) is 0 Å². The minimum Gasteiger partial charge on any atom is -0.465 e. The quantitative estimate of drug-likeness (QED) is 0.611. The molecule has 0 aromatic heterocycles. The highest BCUT2D eigenvalue weighted by atomic mass is 32.2. The van der Waals surface area contributed by atoms with E-state index in [2.05, 4.69) is 6.07 Å². The average Bonchev–Trinajstić information content (AvgIpc) is 2.59. The summed E-state index contributed by atoms with van der Waals surface area (Å²) in [5.74, 6) is -0.223. The molecule has 0 atom stereocenters. The molecule has 0 unspecified atom stereocenters. The first-order valence-corrected chi connectivity index (χ1v) is 8.56. The van der Waals surface area contributed by atoms with Crippen molar-refractivity contribution in [2.24, 2.45) is 0 Å². The van der Waals surface area contributed by atoms with Gasteiger partial charge in [0.25, 0.3) is 0 Å². The van der Waals surface area contributed by atoms with E-state index in [-0.39, 0.29) is 5.91 Å². The Bertz CT molecular complexity index is 758. The summed E-state index contributed by atoms with van der Waals surface area (Å²) in [7, 11) is 3.00. The lowest BCUT2D eigenvalue weighted by Crippen LogP contribution is -2.29. The van der Waals surface area contributed by atoms with Crippen LogP contribution in [0.1, 0.15) is 21.5 Å². The number of thioether (sulfide) groups is 1. The van der Waals surface area contributed by atoms with Gasteiger partial charge in [-0.2, -0.15) is 0 Å². The third-order valence-electron chi connectivity index (χ3n) is 3.73. The molecule has 0 aliphatic heterocycles. The van der Waals surface area contributed by atoms with Crippen molar-refractivity contribution < 1.29 is 14.3 Å². The maximum Gasteiger partial charge on any atom is 0.339 e. The minimum atomic E-state index is -0.452. The van der Waals surface area contributed by atoms with Gasteiger partial charge in [-0.1, -0.05) is 29.8 Å². The molecule has 24 heavy (non-hydrogen) atoms. The maximum absolute atomic E-state index is 12.5. The number of carbonyl (C=O) groups excluding carboxylic acids is 2. The van der Waals surface area contributed by atoms with Crippen molar-refractivity contribution in [2.75, 3.05) is 24.8 Å². The second-order valence-electron chi connectivity index (χ2n) is 5.52. The molecule has 1 amide bonds. The zero-order chi connectivity index (χ0) is 17.7. The smallest absolute Gasteiger partial charge is 0.339 e. The summed E-state index contributed by atoms with van der Waals surface area (Å²) >= 11 is 1.50. The maximum atomic E-state index is 12.5. The molecule has 0 heterocycles. The Morgan fingerprint density at radius 3 is 2.50 bits per heavy atom. The van der Waals surface area contributed by atoms with Crippen LogP contribution in [0.15, 0.2) is 47.4 Å². The summed E-state index contributed by atoms with van der Waals surface area (Å²) in [4.78, 5) is 27.0. The first-order chi connectivity index (χ1) is 11.4. The number of aryl methyl sites for hydroxylation is 2. The molecule has 5 heteroatoms. The van der Waals surface area contributed by atoms with Crippen LogP contribution in [0.4, 0.5) is 5.69 Å². The van der Waals surface area contributed by atoms with Gasteiger partial charge in [-0.25, -0.2) is 4.79 Å². The normalized spacial score (nSPS) is 10.3. The van der Waals surface area contributed by atoms with Crippen LogP contribution in [0.3, 0.4) is 0 Å². The number of anilines is 1. The van der Waals surface area contributed by atoms with Crippen molar-refractivity contribution in [1.82, 2.24) is 0 Å². The lowest BCUT2D eigenvalue weighted by atomic mass is 10.1. The molecule has 0 radical (unpaired) electrons. The molecule has 4 nitrogen and oxygen atoms in total. The van der Waals surface area contributed by atoms with Gasteiger partial charge in [0.2, 0.25) is 5.91 Å². The van der Waals surface area contributed by atoms with E-state index in [0.717, 1.165) is 10.5 Å². The van der Waals surface area contributed by atoms with E-state index in [1.54, 1.807) is 31.3 Å². The predicted molar refractivity (Wildman–Crippen MR) is 97.8 cm³/mol. The van der Waals surface area contributed by atoms with Gasteiger partial charge in [-0.15, -0.1) is 11.8 Å². The van der Waals surface area contributed by atoms with E-state index >= 15 is 0 Å². The number of hydrogen-bond donors (Lipinski definition) is 0. The first-order valence-electron chi connectivity index (χ1n) is 7.58. The fourth-order valence-corrected chi connectivity index (χ4v) is 3.30. The van der Waals surface area contributed by atoms with E-state index < -0.39 is 5.97 Å². The number of rotatable bonds is 5. The summed E-state index contributed by atoms with van der Waals surface area (Å²) in [5.41, 5.74) is 3.29. The van der Waals surface area contributed by atoms with Crippen LogP contribution >= 0.6 is 11.8 Å². The summed E-state index contributed by atoms with van der Waals surface area (Å²) in [6.07, 6.45) is 0. The monoisotopic (exact) mass is 343 g/mol. The van der Waals surface area contributed by atoms with Crippen LogP contribution in [-0.4, -0.2) is 31.8 Å². The van der Waals surface area contributed by atoms with Crippen LogP contribution in [0.5, 0.6) is 0 Å². The number of benzene rings is 2. The first kappa shape index (κ1) is 18.1. The number of para-hydroxylation sites is 1. The SMILES string of the molecule is COC(=O)c1ccccc1N(C)C(=O)CSc1ccc(C)cc1C. The molecule has 2 aromatic rings. The highest BCUT2D eigenvalue weighted by molar-refractivity contribution is 8.00. The largest absolute Gasteiger partial charge is 0.465 e. The van der Waals surface area contributed by atoms with Crippen molar-refractivity contribution in [1.29, 1.82) is 0 Å². The van der Waals surface area contributed by atoms with Gasteiger partial charge in [0.05, 0.1) is 24.1 Å². The van der Waals surface area contributed by atoms with E-state index in [9.17, 15) is 9.59 Å². The van der Waals surface area contributed by atoms with Crippen LogP contribution in [0, 0.1) is 13.8 Å². The van der Waals surface area contributed by atoms with Crippen molar-refractivity contribution in [2.45, 2.75) is 18.7 Å². The zero-order valence-corrected chi connectivity index (χ0v) is 15.1. The molecule has 2 aromatic carbocycles. The zero-order valence-electron chi connectivity index (χ0n) is 14.3. The topological polar surface area (TPSA) is 46.6 Å². The van der Waals surface area contributed by atoms with Gasteiger partial charge in [-0.05, 0) is 37.6 Å². The number of amides is 1. The molecule has 0 aliphatic carbocycles. The van der Waals surface area contributed by atoms with Gasteiger partial charge < -0.3 is 9.64 Å². The molecule has 2 rings (SSSR count). The molecule has 0 spiro atoms. The Morgan fingerprint density at radius 2 is 1.83 bits per heavy atom. The van der Waals surface area contributed by atoms with E-state index in [0.29, 0.717) is 17.0 Å². The molecule has 0 saturated carbocycles. The number of methoxy groups -OCH3 is 1. The van der Waals surface area contributed by atoms with E-state index in [1.807, 2.05) is 26.0 Å². The number of nitrogens with zero attached hydrogens (tertiary/aromatic N) is 1. The number of esters is 1. The predicted octanol–water partition coefficient (Wildman–Crippen LogP) is 3.85. The Hall–Kier alpha value is -2.27. The van der Waals surface area contributed by atoms with Gasteiger partial charge in [-0.3, -0.25) is 4.79 Å². The molecule has 126 valence electrons. The minimum absolute atomic E-state index is 0.0728. The van der Waals surface area contributed by atoms with Crippen LogP contribution in [0.2, 0.25) is 0 Å². The molecular formula is C19H21NO3S. The van der Waals surface area contributed by atoms with Gasteiger partial charge >= 0.3 is 5.97 Å². The lowest BCUT2D eigenvalue weighted by Gasteiger charge is -2.20. The lowest BCUT2D eigenvalue weighted by molar-refractivity contribution is -0.115. The summed E-state index contributed by atoms with van der Waals surface area (Å²) < 4.78 is 4.78. The van der Waals surface area contributed by atoms with Crippen LogP contribution < -0.4 is 4.90 Å². The molecule has 0 aliphatic rings. The van der Waals surface area contributed by atoms with Crippen LogP contribution in [0.25, 0.3) is 0 Å². The van der Waals surface area contributed by atoms with Crippen LogP contribution in [-0.2, 0) is 9.53 Å². The highest BCUT2D eigenvalue weighted by Gasteiger charge is 2.19. The Morgan fingerprint density at radius 1 is 1.12 bits per heavy atom. The second kappa shape index (κ2) is 8.02. The highest BCUT2D eigenvalue weighted by Crippen LogP contribution is 2.25. The van der Waals surface area contributed by atoms with E-state index in [4.69, 9.17) is 4.74 Å². The fraction of sp³-hybridized carbons (Fsp3) is 0.263. The second-order valence-corrected chi connectivity index (χ2v) is 6.54. The molecule has 0 bridgehead atoms. The Balaban J connectivity index is 2.11. The molecular weight excluding hydrogens is 322 g/mol. The molecule has 0 saturated heterocycles. The summed E-state index contributed by atoms with van der Waals surface area (Å²) in [6, 6.07) is 13.1. The third-order valence-corrected chi connectivity index (χ3v) is 4.89. The molecule has 0 N–H and O–H groups in total.